The highest BCUT2D eigenvalue weighted by molar-refractivity contribution is 5.80. The quantitative estimate of drug-likeness (QED) is 0.588. The maximum atomic E-state index is 12.3. The molecule has 1 amide bonds. The summed E-state index contributed by atoms with van der Waals surface area (Å²) in [7, 11) is 0. The highest BCUT2D eigenvalue weighted by Gasteiger charge is 2.06. The van der Waals surface area contributed by atoms with E-state index in [0.29, 0.717) is 38.0 Å². The van der Waals surface area contributed by atoms with Gasteiger partial charge in [0.1, 0.15) is 5.75 Å². The second kappa shape index (κ2) is 9.22. The number of benzene rings is 2. The van der Waals surface area contributed by atoms with E-state index in [0.717, 1.165) is 22.2 Å². The predicted octanol–water partition coefficient (Wildman–Crippen LogP) is 3.66. The van der Waals surface area contributed by atoms with Gasteiger partial charge in [0, 0.05) is 24.0 Å². The number of H-pyrrole nitrogens is 1. The van der Waals surface area contributed by atoms with Gasteiger partial charge in [-0.15, -0.1) is 0 Å². The average molecular weight is 378 g/mol. The third-order valence-electron chi connectivity index (χ3n) is 4.81. The van der Waals surface area contributed by atoms with Gasteiger partial charge in [0.05, 0.1) is 6.61 Å². The first-order valence-corrected chi connectivity index (χ1v) is 9.60. The van der Waals surface area contributed by atoms with Crippen molar-refractivity contribution in [3.8, 4) is 5.75 Å². The fraction of sp³-hybridized carbons (Fsp3) is 0.304. The SMILES string of the molecule is Cc1cc2cc(CCNC(=O)CCCOc3ccccc3)c(=O)[nH]c2cc1C. The second-order valence-corrected chi connectivity index (χ2v) is 7.01. The van der Waals surface area contributed by atoms with Gasteiger partial charge in [-0.2, -0.15) is 0 Å². The molecular formula is C23H26N2O3. The number of aromatic amines is 1. The molecule has 3 rings (SSSR count). The van der Waals surface area contributed by atoms with E-state index < -0.39 is 0 Å². The third-order valence-corrected chi connectivity index (χ3v) is 4.81. The zero-order valence-corrected chi connectivity index (χ0v) is 16.4. The van der Waals surface area contributed by atoms with Crippen molar-refractivity contribution in [2.75, 3.05) is 13.2 Å². The summed E-state index contributed by atoms with van der Waals surface area (Å²) in [6.07, 6.45) is 1.56. The van der Waals surface area contributed by atoms with Crippen molar-refractivity contribution in [3.63, 3.8) is 0 Å². The number of aromatic nitrogens is 1. The number of carbonyl (C=O) groups is 1. The molecule has 0 aliphatic carbocycles. The molecule has 0 atom stereocenters. The molecule has 1 heterocycles. The number of hydrogen-bond donors (Lipinski definition) is 2. The van der Waals surface area contributed by atoms with Crippen LogP contribution in [0.15, 0.2) is 53.3 Å². The molecule has 0 spiro atoms. The topological polar surface area (TPSA) is 71.2 Å². The number of amides is 1. The maximum Gasteiger partial charge on any atom is 0.251 e. The monoisotopic (exact) mass is 378 g/mol. The standard InChI is InChI=1S/C23H26N2O3/c1-16-13-19-15-18(23(27)25-21(19)14-17(16)2)10-11-24-22(26)9-6-12-28-20-7-4-3-5-8-20/h3-5,7-8,13-15H,6,9-12H2,1-2H3,(H,24,26)(H,25,27). The lowest BCUT2D eigenvalue weighted by Crippen LogP contribution is -2.27. The Balaban J connectivity index is 1.45. The van der Waals surface area contributed by atoms with Crippen LogP contribution in [0.5, 0.6) is 5.75 Å². The van der Waals surface area contributed by atoms with E-state index in [4.69, 9.17) is 4.74 Å². The number of para-hydroxylation sites is 1. The van der Waals surface area contributed by atoms with Gasteiger partial charge in [-0.25, -0.2) is 0 Å². The first-order valence-electron chi connectivity index (χ1n) is 9.60. The first-order chi connectivity index (χ1) is 13.5. The maximum absolute atomic E-state index is 12.3. The van der Waals surface area contributed by atoms with E-state index in [2.05, 4.69) is 23.3 Å². The number of fused-ring (bicyclic) bond motifs is 1. The third kappa shape index (κ3) is 5.22. The van der Waals surface area contributed by atoms with E-state index in [-0.39, 0.29) is 11.5 Å². The molecule has 0 saturated carbocycles. The number of aryl methyl sites for hydroxylation is 2. The number of pyridine rings is 1. The number of carbonyl (C=O) groups excluding carboxylic acids is 1. The minimum atomic E-state index is -0.0961. The van der Waals surface area contributed by atoms with Crippen LogP contribution in [0.4, 0.5) is 0 Å². The Kier molecular flexibility index (Phi) is 6.48. The van der Waals surface area contributed by atoms with Gasteiger partial charge in [-0.05, 0) is 73.5 Å². The second-order valence-electron chi connectivity index (χ2n) is 7.01. The van der Waals surface area contributed by atoms with E-state index in [1.165, 1.54) is 5.56 Å². The van der Waals surface area contributed by atoms with Crippen LogP contribution in [0.2, 0.25) is 0 Å². The van der Waals surface area contributed by atoms with Crippen LogP contribution >= 0.6 is 0 Å². The zero-order valence-electron chi connectivity index (χ0n) is 16.4. The minimum absolute atomic E-state index is 0.0275. The van der Waals surface area contributed by atoms with Crippen molar-refractivity contribution < 1.29 is 9.53 Å². The van der Waals surface area contributed by atoms with Crippen LogP contribution in [-0.4, -0.2) is 24.0 Å². The molecule has 146 valence electrons. The molecule has 5 nitrogen and oxygen atoms in total. The Morgan fingerprint density at radius 2 is 1.82 bits per heavy atom. The fourth-order valence-electron chi connectivity index (χ4n) is 3.07. The van der Waals surface area contributed by atoms with Gasteiger partial charge in [0.15, 0.2) is 0 Å². The van der Waals surface area contributed by atoms with E-state index in [1.807, 2.05) is 49.4 Å². The summed E-state index contributed by atoms with van der Waals surface area (Å²) in [6, 6.07) is 15.5. The Hall–Kier alpha value is -3.08. The summed E-state index contributed by atoms with van der Waals surface area (Å²) in [6.45, 7) is 5.03. The summed E-state index contributed by atoms with van der Waals surface area (Å²) in [5.74, 6) is 0.782. The molecule has 0 saturated heterocycles. The Morgan fingerprint density at radius 3 is 2.61 bits per heavy atom. The van der Waals surface area contributed by atoms with Crippen molar-refractivity contribution in [2.24, 2.45) is 0 Å². The molecule has 2 aromatic carbocycles. The lowest BCUT2D eigenvalue weighted by Gasteiger charge is -2.08. The van der Waals surface area contributed by atoms with Crippen molar-refractivity contribution in [1.82, 2.24) is 10.3 Å². The summed E-state index contributed by atoms with van der Waals surface area (Å²) in [4.78, 5) is 27.2. The Bertz CT molecular complexity index is 1010. The first kappa shape index (κ1) is 19.7. The summed E-state index contributed by atoms with van der Waals surface area (Å²) in [5.41, 5.74) is 3.78. The molecule has 0 aliphatic heterocycles. The van der Waals surface area contributed by atoms with Crippen molar-refractivity contribution >= 4 is 16.8 Å². The number of rotatable bonds is 8. The van der Waals surface area contributed by atoms with Crippen LogP contribution < -0.4 is 15.6 Å². The average Bonchev–Trinajstić information content (AvgIpc) is 2.68. The number of hydrogen-bond acceptors (Lipinski definition) is 3. The number of ether oxygens (including phenoxy) is 1. The molecule has 5 heteroatoms. The molecule has 0 bridgehead atoms. The molecule has 0 fully saturated rings. The Labute approximate surface area is 164 Å². The zero-order chi connectivity index (χ0) is 19.9. The Morgan fingerprint density at radius 1 is 1.07 bits per heavy atom. The van der Waals surface area contributed by atoms with Gasteiger partial charge >= 0.3 is 0 Å². The molecule has 0 aliphatic rings. The lowest BCUT2D eigenvalue weighted by molar-refractivity contribution is -0.121. The summed E-state index contributed by atoms with van der Waals surface area (Å²) in [5, 5.41) is 3.89. The van der Waals surface area contributed by atoms with Gasteiger partial charge in [0.2, 0.25) is 5.91 Å². The predicted molar refractivity (Wildman–Crippen MR) is 112 cm³/mol. The van der Waals surface area contributed by atoms with Gasteiger partial charge < -0.3 is 15.0 Å². The highest BCUT2D eigenvalue weighted by atomic mass is 16.5. The van der Waals surface area contributed by atoms with Crippen LogP contribution in [0.3, 0.4) is 0 Å². The van der Waals surface area contributed by atoms with Crippen molar-refractivity contribution in [1.29, 1.82) is 0 Å². The molecule has 3 aromatic rings. The van der Waals surface area contributed by atoms with Gasteiger partial charge in [-0.1, -0.05) is 18.2 Å². The van der Waals surface area contributed by atoms with Crippen LogP contribution in [0, 0.1) is 13.8 Å². The molecule has 1 aromatic heterocycles. The van der Waals surface area contributed by atoms with Crippen LogP contribution in [0.1, 0.15) is 29.5 Å². The van der Waals surface area contributed by atoms with Crippen molar-refractivity contribution in [2.45, 2.75) is 33.1 Å². The molecule has 0 unspecified atom stereocenters. The normalized spacial score (nSPS) is 10.8. The molecule has 2 N–H and O–H groups in total. The lowest BCUT2D eigenvalue weighted by atomic mass is 10.0. The van der Waals surface area contributed by atoms with E-state index >= 15 is 0 Å². The molecular weight excluding hydrogens is 352 g/mol. The van der Waals surface area contributed by atoms with Crippen LogP contribution in [-0.2, 0) is 11.2 Å². The molecule has 0 radical (unpaired) electrons. The summed E-state index contributed by atoms with van der Waals surface area (Å²) >= 11 is 0. The minimum Gasteiger partial charge on any atom is -0.494 e. The van der Waals surface area contributed by atoms with Crippen molar-refractivity contribution in [3.05, 3.63) is 75.6 Å². The fourth-order valence-corrected chi connectivity index (χ4v) is 3.07. The smallest absolute Gasteiger partial charge is 0.251 e. The largest absolute Gasteiger partial charge is 0.494 e. The highest BCUT2D eigenvalue weighted by Crippen LogP contribution is 2.17. The summed E-state index contributed by atoms with van der Waals surface area (Å²) < 4.78 is 5.58. The van der Waals surface area contributed by atoms with E-state index in [1.54, 1.807) is 0 Å². The molecule has 28 heavy (non-hydrogen) atoms. The van der Waals surface area contributed by atoms with Gasteiger partial charge in [-0.3, -0.25) is 9.59 Å². The van der Waals surface area contributed by atoms with E-state index in [9.17, 15) is 9.59 Å². The van der Waals surface area contributed by atoms with Gasteiger partial charge in [0.25, 0.3) is 5.56 Å². The number of nitrogens with one attached hydrogen (secondary N) is 2. The van der Waals surface area contributed by atoms with Crippen LogP contribution in [0.25, 0.3) is 10.9 Å².